The molecule has 2 N–H and O–H groups in total. The number of nitrogens with zero attached hydrogens (tertiary/aromatic N) is 1. The van der Waals surface area contributed by atoms with Gasteiger partial charge < -0.3 is 9.88 Å². The van der Waals surface area contributed by atoms with Gasteiger partial charge in [0.15, 0.2) is 0 Å². The van der Waals surface area contributed by atoms with Crippen LogP contribution in [0.4, 0.5) is 0 Å². The van der Waals surface area contributed by atoms with Crippen molar-refractivity contribution in [2.45, 2.75) is 30.7 Å². The van der Waals surface area contributed by atoms with Gasteiger partial charge in [-0.2, -0.15) is 4.72 Å². The van der Waals surface area contributed by atoms with Gasteiger partial charge >= 0.3 is 0 Å². The molecule has 1 amide bonds. The predicted octanol–water partition coefficient (Wildman–Crippen LogP) is -0.336. The summed E-state index contributed by atoms with van der Waals surface area (Å²) in [5, 5.41) is 0. The summed E-state index contributed by atoms with van der Waals surface area (Å²) in [5.74, 6) is -0.265. The molecule has 1 aromatic heterocycles. The molecule has 1 saturated heterocycles. The molecule has 0 aliphatic carbocycles. The molecule has 110 valence electrons. The van der Waals surface area contributed by atoms with Crippen molar-refractivity contribution in [3.63, 3.8) is 0 Å². The van der Waals surface area contributed by atoms with Crippen molar-refractivity contribution in [1.82, 2.24) is 14.6 Å². The highest BCUT2D eigenvalue weighted by Crippen LogP contribution is 2.10. The van der Waals surface area contributed by atoms with Crippen molar-refractivity contribution >= 4 is 15.9 Å². The smallest absolute Gasteiger partial charge is 0.246 e. The van der Waals surface area contributed by atoms with Gasteiger partial charge in [0, 0.05) is 31.5 Å². The standard InChI is InChI=1S/C12H17N3O4S/c1-9(12(17)15-6-2-3-7-15)14-20(18,19)11-8-13-5-4-10(11)16/h4-5,8-9,14H,2-3,6-7H2,1H3,(H,13,16). The SMILES string of the molecule is CC(NS(=O)(=O)c1c[nH]ccc1=O)C(=O)N1CCCC1. The number of rotatable bonds is 4. The Labute approximate surface area is 117 Å². The number of aromatic nitrogens is 1. The molecule has 1 aliphatic rings. The fourth-order valence-electron chi connectivity index (χ4n) is 2.17. The minimum absolute atomic E-state index is 0.265. The molecule has 1 atom stereocenters. The summed E-state index contributed by atoms with van der Waals surface area (Å²) in [7, 11) is -4.01. The lowest BCUT2D eigenvalue weighted by Crippen LogP contribution is -2.46. The van der Waals surface area contributed by atoms with Crippen LogP contribution in [0.15, 0.2) is 28.2 Å². The molecule has 0 radical (unpaired) electrons. The lowest BCUT2D eigenvalue weighted by atomic mass is 10.3. The van der Waals surface area contributed by atoms with E-state index in [1.165, 1.54) is 13.1 Å². The van der Waals surface area contributed by atoms with Gasteiger partial charge in [-0.05, 0) is 19.8 Å². The van der Waals surface area contributed by atoms with Crippen molar-refractivity contribution < 1.29 is 13.2 Å². The van der Waals surface area contributed by atoms with E-state index in [0.29, 0.717) is 13.1 Å². The Morgan fingerprint density at radius 2 is 2.05 bits per heavy atom. The summed E-state index contributed by atoms with van der Waals surface area (Å²) in [4.78, 5) is 27.4. The topological polar surface area (TPSA) is 99.3 Å². The quantitative estimate of drug-likeness (QED) is 0.794. The van der Waals surface area contributed by atoms with Gasteiger partial charge in [0.1, 0.15) is 4.90 Å². The monoisotopic (exact) mass is 299 g/mol. The molecule has 7 nitrogen and oxygen atoms in total. The number of likely N-dealkylation sites (tertiary alicyclic amines) is 1. The maximum absolute atomic E-state index is 12.1. The average molecular weight is 299 g/mol. The first-order chi connectivity index (χ1) is 9.42. The second-order valence-corrected chi connectivity index (χ2v) is 6.43. The maximum atomic E-state index is 12.1. The molecule has 1 fully saturated rings. The van der Waals surface area contributed by atoms with Gasteiger partial charge in [-0.25, -0.2) is 8.42 Å². The molecule has 0 aromatic carbocycles. The minimum Gasteiger partial charge on any atom is -0.366 e. The molecule has 1 aromatic rings. The number of carbonyl (C=O) groups excluding carboxylic acids is 1. The van der Waals surface area contributed by atoms with Gasteiger partial charge in [0.05, 0.1) is 6.04 Å². The second kappa shape index (κ2) is 5.76. The van der Waals surface area contributed by atoms with E-state index in [4.69, 9.17) is 0 Å². The van der Waals surface area contributed by atoms with Crippen molar-refractivity contribution in [3.8, 4) is 0 Å². The summed E-state index contributed by atoms with van der Waals surface area (Å²) in [6.45, 7) is 2.78. The average Bonchev–Trinajstić information content (AvgIpc) is 2.91. The number of sulfonamides is 1. The number of aromatic amines is 1. The number of pyridine rings is 1. The highest BCUT2D eigenvalue weighted by Gasteiger charge is 2.28. The summed E-state index contributed by atoms with van der Waals surface area (Å²) < 4.78 is 26.4. The van der Waals surface area contributed by atoms with Gasteiger partial charge in [-0.3, -0.25) is 9.59 Å². The number of hydrogen-bond donors (Lipinski definition) is 2. The van der Waals surface area contributed by atoms with Crippen LogP contribution in [0.5, 0.6) is 0 Å². The fourth-order valence-corrected chi connectivity index (χ4v) is 3.42. The molecule has 1 unspecified atom stereocenters. The first kappa shape index (κ1) is 14.7. The number of carbonyl (C=O) groups is 1. The van der Waals surface area contributed by atoms with Gasteiger partial charge in [-0.15, -0.1) is 0 Å². The van der Waals surface area contributed by atoms with Crippen LogP contribution >= 0.6 is 0 Å². The third-order valence-electron chi connectivity index (χ3n) is 3.20. The molecule has 1 aliphatic heterocycles. The predicted molar refractivity (Wildman–Crippen MR) is 72.7 cm³/mol. The Morgan fingerprint density at radius 1 is 1.40 bits per heavy atom. The normalized spacial score (nSPS) is 17.1. The Balaban J connectivity index is 2.14. The van der Waals surface area contributed by atoms with Crippen LogP contribution in [-0.4, -0.2) is 43.3 Å². The van der Waals surface area contributed by atoms with E-state index >= 15 is 0 Å². The Morgan fingerprint density at radius 3 is 2.65 bits per heavy atom. The van der Waals surface area contributed by atoms with Gasteiger partial charge in [0.2, 0.25) is 21.4 Å². The lowest BCUT2D eigenvalue weighted by Gasteiger charge is -2.20. The van der Waals surface area contributed by atoms with E-state index in [0.717, 1.165) is 25.1 Å². The number of H-pyrrole nitrogens is 1. The van der Waals surface area contributed by atoms with Crippen molar-refractivity contribution in [1.29, 1.82) is 0 Å². The molecule has 0 bridgehead atoms. The molecule has 20 heavy (non-hydrogen) atoms. The molecule has 2 heterocycles. The van der Waals surface area contributed by atoms with Crippen LogP contribution in [0.1, 0.15) is 19.8 Å². The van der Waals surface area contributed by atoms with Crippen LogP contribution in [-0.2, 0) is 14.8 Å². The van der Waals surface area contributed by atoms with Crippen molar-refractivity contribution in [2.75, 3.05) is 13.1 Å². The van der Waals surface area contributed by atoms with E-state index < -0.39 is 21.5 Å². The first-order valence-electron chi connectivity index (χ1n) is 6.40. The zero-order valence-corrected chi connectivity index (χ0v) is 11.9. The Hall–Kier alpha value is -1.67. The summed E-state index contributed by atoms with van der Waals surface area (Å²) in [5.41, 5.74) is -0.614. The summed E-state index contributed by atoms with van der Waals surface area (Å²) in [6.07, 6.45) is 4.32. The number of nitrogens with one attached hydrogen (secondary N) is 2. The number of hydrogen-bond acceptors (Lipinski definition) is 4. The summed E-state index contributed by atoms with van der Waals surface area (Å²) >= 11 is 0. The van der Waals surface area contributed by atoms with Gasteiger partial charge in [0.25, 0.3) is 0 Å². The largest absolute Gasteiger partial charge is 0.366 e. The molecule has 0 saturated carbocycles. The maximum Gasteiger partial charge on any atom is 0.246 e. The third-order valence-corrected chi connectivity index (χ3v) is 4.76. The van der Waals surface area contributed by atoms with Crippen LogP contribution in [0, 0.1) is 0 Å². The Kier molecular flexibility index (Phi) is 4.24. The van der Waals surface area contributed by atoms with Crippen molar-refractivity contribution in [2.24, 2.45) is 0 Å². The molecule has 0 spiro atoms. The molecule has 8 heteroatoms. The third kappa shape index (κ3) is 3.07. The van der Waals surface area contributed by atoms with E-state index in [1.54, 1.807) is 4.90 Å². The van der Waals surface area contributed by atoms with E-state index in [-0.39, 0.29) is 10.8 Å². The zero-order valence-electron chi connectivity index (χ0n) is 11.1. The lowest BCUT2D eigenvalue weighted by molar-refractivity contribution is -0.131. The molecular formula is C12H17N3O4S. The van der Waals surface area contributed by atoms with E-state index in [2.05, 4.69) is 9.71 Å². The Bertz CT molecular complexity index is 647. The van der Waals surface area contributed by atoms with Crippen LogP contribution < -0.4 is 10.2 Å². The highest BCUT2D eigenvalue weighted by molar-refractivity contribution is 7.89. The number of amides is 1. The van der Waals surface area contributed by atoms with Crippen LogP contribution in [0.2, 0.25) is 0 Å². The van der Waals surface area contributed by atoms with Gasteiger partial charge in [-0.1, -0.05) is 0 Å². The van der Waals surface area contributed by atoms with E-state index in [9.17, 15) is 18.0 Å². The summed E-state index contributed by atoms with van der Waals surface area (Å²) in [6, 6.07) is 0.235. The van der Waals surface area contributed by atoms with E-state index in [1.807, 2.05) is 0 Å². The molecule has 2 rings (SSSR count). The first-order valence-corrected chi connectivity index (χ1v) is 7.88. The van der Waals surface area contributed by atoms with Crippen LogP contribution in [0.3, 0.4) is 0 Å². The molecular weight excluding hydrogens is 282 g/mol. The minimum atomic E-state index is -4.01. The highest BCUT2D eigenvalue weighted by atomic mass is 32.2. The second-order valence-electron chi connectivity index (χ2n) is 4.75. The van der Waals surface area contributed by atoms with Crippen LogP contribution in [0.25, 0.3) is 0 Å². The van der Waals surface area contributed by atoms with Crippen molar-refractivity contribution in [3.05, 3.63) is 28.7 Å². The fraction of sp³-hybridized carbons (Fsp3) is 0.500. The zero-order chi connectivity index (χ0) is 14.8.